The highest BCUT2D eigenvalue weighted by atomic mass is 32.2. The maximum atomic E-state index is 13.5. The molecular formula is C22H25F3N8O3S2. The fourth-order valence-electron chi connectivity index (χ4n) is 5.31. The molecule has 1 amide bonds. The Labute approximate surface area is 220 Å². The van der Waals surface area contributed by atoms with Gasteiger partial charge in [-0.25, -0.2) is 26.3 Å². The number of hydrogen-bond donors (Lipinski definition) is 1. The van der Waals surface area contributed by atoms with Crippen molar-refractivity contribution in [2.45, 2.75) is 49.0 Å². The number of halogens is 3. The third-order valence-corrected chi connectivity index (χ3v) is 10.2. The molecule has 6 rings (SSSR count). The Morgan fingerprint density at radius 1 is 1.13 bits per heavy atom. The van der Waals surface area contributed by atoms with E-state index in [0.29, 0.717) is 61.6 Å². The molecule has 0 atom stereocenters. The number of aromatic nitrogens is 5. The standard InChI is InChI=1S/C22H25F3N8O3S2/c1-31-12-21(9-15(31)34)4-6-32(7-5-21)14-8-13(38(35,36)30-22(11-23)2-3-22)10-33-17(14)26-27-18(33)20-29-28-19(37-20)16(24)25/h8,10,16,30H,2-7,9,11-12H2,1H3. The number of anilines is 1. The van der Waals surface area contributed by atoms with Gasteiger partial charge in [-0.15, -0.1) is 20.4 Å². The Morgan fingerprint density at radius 3 is 2.45 bits per heavy atom. The van der Waals surface area contributed by atoms with Crippen LogP contribution < -0.4 is 9.62 Å². The second-order valence-electron chi connectivity index (χ2n) is 10.5. The number of alkyl halides is 3. The molecule has 0 radical (unpaired) electrons. The molecule has 0 unspecified atom stereocenters. The van der Waals surface area contributed by atoms with Crippen molar-refractivity contribution in [2.24, 2.45) is 5.41 Å². The Hall–Kier alpha value is -2.85. The maximum absolute atomic E-state index is 13.5. The van der Waals surface area contributed by atoms with Gasteiger partial charge >= 0.3 is 0 Å². The highest BCUT2D eigenvalue weighted by molar-refractivity contribution is 7.89. The van der Waals surface area contributed by atoms with Crippen molar-refractivity contribution < 1.29 is 26.4 Å². The minimum atomic E-state index is -4.14. The average Bonchev–Trinajstić information content (AvgIpc) is 3.20. The van der Waals surface area contributed by atoms with E-state index in [1.807, 2.05) is 4.90 Å². The van der Waals surface area contributed by atoms with Crippen molar-refractivity contribution in [3.63, 3.8) is 0 Å². The van der Waals surface area contributed by atoms with Crippen molar-refractivity contribution in [3.05, 3.63) is 17.3 Å². The summed E-state index contributed by atoms with van der Waals surface area (Å²) >= 11 is 0.645. The average molecular weight is 571 g/mol. The van der Waals surface area contributed by atoms with Gasteiger partial charge < -0.3 is 9.80 Å². The lowest BCUT2D eigenvalue weighted by Crippen LogP contribution is -2.42. The molecule has 0 bridgehead atoms. The van der Waals surface area contributed by atoms with Gasteiger partial charge in [0, 0.05) is 44.7 Å². The molecule has 1 spiro atoms. The molecule has 3 aromatic heterocycles. The summed E-state index contributed by atoms with van der Waals surface area (Å²) in [4.78, 5) is 15.8. The molecule has 11 nitrogen and oxygen atoms in total. The fraction of sp³-hybridized carbons (Fsp3) is 0.591. The van der Waals surface area contributed by atoms with Crippen LogP contribution in [0.3, 0.4) is 0 Å². The lowest BCUT2D eigenvalue weighted by atomic mass is 9.77. The number of sulfonamides is 1. The Kier molecular flexibility index (Phi) is 5.92. The topological polar surface area (TPSA) is 126 Å². The second-order valence-corrected chi connectivity index (χ2v) is 13.1. The summed E-state index contributed by atoms with van der Waals surface area (Å²) in [6.07, 6.45) is 1.22. The van der Waals surface area contributed by atoms with Crippen LogP contribution in [0.15, 0.2) is 17.2 Å². The van der Waals surface area contributed by atoms with Crippen LogP contribution in [0.25, 0.3) is 16.5 Å². The quantitative estimate of drug-likeness (QED) is 0.459. The summed E-state index contributed by atoms with van der Waals surface area (Å²) in [7, 11) is -2.34. The monoisotopic (exact) mass is 570 g/mol. The largest absolute Gasteiger partial charge is 0.368 e. The first-order valence-corrected chi connectivity index (χ1v) is 14.4. The molecule has 3 aromatic rings. The van der Waals surface area contributed by atoms with Gasteiger partial charge in [0.15, 0.2) is 21.5 Å². The number of piperidine rings is 1. The number of pyridine rings is 1. The summed E-state index contributed by atoms with van der Waals surface area (Å²) in [5.41, 5.74) is -0.410. The van der Waals surface area contributed by atoms with Crippen molar-refractivity contribution in [1.82, 2.24) is 34.4 Å². The van der Waals surface area contributed by atoms with Gasteiger partial charge in [-0.1, -0.05) is 11.3 Å². The third kappa shape index (κ3) is 4.31. The first kappa shape index (κ1) is 25.4. The van der Waals surface area contributed by atoms with Gasteiger partial charge in [-0.2, -0.15) is 0 Å². The third-order valence-electron chi connectivity index (χ3n) is 7.74. The van der Waals surface area contributed by atoms with Gasteiger partial charge in [-0.3, -0.25) is 9.20 Å². The first-order valence-electron chi connectivity index (χ1n) is 12.1. The zero-order valence-electron chi connectivity index (χ0n) is 20.4. The zero-order valence-corrected chi connectivity index (χ0v) is 22.0. The molecule has 2 saturated heterocycles. The molecule has 2 aliphatic heterocycles. The van der Waals surface area contributed by atoms with Crippen LogP contribution in [0.4, 0.5) is 18.9 Å². The molecule has 1 N–H and O–H groups in total. The molecule has 38 heavy (non-hydrogen) atoms. The van der Waals surface area contributed by atoms with Crippen LogP contribution >= 0.6 is 11.3 Å². The minimum Gasteiger partial charge on any atom is -0.368 e. The van der Waals surface area contributed by atoms with Crippen LogP contribution in [0.1, 0.15) is 43.5 Å². The highest BCUT2D eigenvalue weighted by Crippen LogP contribution is 2.43. The number of amides is 1. The van der Waals surface area contributed by atoms with Crippen LogP contribution in [-0.2, 0) is 14.8 Å². The molecule has 204 valence electrons. The summed E-state index contributed by atoms with van der Waals surface area (Å²) in [6, 6.07) is 1.49. The number of likely N-dealkylation sites (tertiary alicyclic amines) is 1. The zero-order chi connectivity index (χ0) is 26.9. The van der Waals surface area contributed by atoms with Crippen molar-refractivity contribution in [1.29, 1.82) is 0 Å². The lowest BCUT2D eigenvalue weighted by Gasteiger charge is -2.39. The Bertz CT molecular complexity index is 1510. The molecule has 16 heteroatoms. The summed E-state index contributed by atoms with van der Waals surface area (Å²) in [5, 5.41) is 15.3. The van der Waals surface area contributed by atoms with E-state index in [-0.39, 0.29) is 27.0 Å². The van der Waals surface area contributed by atoms with Gasteiger partial charge in [0.05, 0.1) is 11.2 Å². The van der Waals surface area contributed by atoms with E-state index in [1.165, 1.54) is 16.7 Å². The number of carbonyl (C=O) groups excluding carboxylic acids is 1. The summed E-state index contributed by atoms with van der Waals surface area (Å²) in [5.74, 6) is 0.190. The van der Waals surface area contributed by atoms with Gasteiger partial charge in [0.25, 0.3) is 6.43 Å². The van der Waals surface area contributed by atoms with E-state index in [9.17, 15) is 26.4 Å². The number of rotatable bonds is 7. The van der Waals surface area contributed by atoms with Crippen LogP contribution in [0.5, 0.6) is 0 Å². The molecule has 1 aliphatic carbocycles. The van der Waals surface area contributed by atoms with E-state index >= 15 is 0 Å². The molecule has 5 heterocycles. The number of nitrogens with zero attached hydrogens (tertiary/aromatic N) is 7. The fourth-order valence-corrected chi connectivity index (χ4v) is 7.45. The predicted molar refractivity (Wildman–Crippen MR) is 131 cm³/mol. The van der Waals surface area contributed by atoms with Crippen molar-refractivity contribution in [2.75, 3.05) is 38.3 Å². The van der Waals surface area contributed by atoms with E-state index < -0.39 is 33.7 Å². The van der Waals surface area contributed by atoms with Crippen LogP contribution in [0.2, 0.25) is 0 Å². The van der Waals surface area contributed by atoms with Gasteiger partial charge in [-0.05, 0) is 31.7 Å². The molecular weight excluding hydrogens is 545 g/mol. The molecule has 3 aliphatic rings. The van der Waals surface area contributed by atoms with Crippen molar-refractivity contribution >= 4 is 38.6 Å². The predicted octanol–water partition coefficient (Wildman–Crippen LogP) is 2.41. The number of nitrogens with one attached hydrogen (secondary N) is 1. The molecule has 0 aromatic carbocycles. The Morgan fingerprint density at radius 2 is 1.87 bits per heavy atom. The molecule has 3 fully saturated rings. The van der Waals surface area contributed by atoms with E-state index in [2.05, 4.69) is 25.1 Å². The molecule has 1 saturated carbocycles. The SMILES string of the molecule is CN1CC2(CCN(c3cc(S(=O)(=O)NC4(CF)CC4)cn4c(-c5nnc(C(F)F)s5)nnc34)CC2)CC1=O. The summed E-state index contributed by atoms with van der Waals surface area (Å²) < 4.78 is 70.4. The lowest BCUT2D eigenvalue weighted by molar-refractivity contribution is -0.126. The van der Waals surface area contributed by atoms with Crippen LogP contribution in [-0.4, -0.2) is 82.9 Å². The first-order chi connectivity index (χ1) is 18.0. The van der Waals surface area contributed by atoms with Crippen LogP contribution in [0, 0.1) is 5.41 Å². The maximum Gasteiger partial charge on any atom is 0.291 e. The van der Waals surface area contributed by atoms with E-state index in [1.54, 1.807) is 11.9 Å². The van der Waals surface area contributed by atoms with E-state index in [0.717, 1.165) is 12.8 Å². The Balaban J connectivity index is 1.41. The normalized spacial score (nSPS) is 20.8. The highest BCUT2D eigenvalue weighted by Gasteiger charge is 2.47. The second kappa shape index (κ2) is 8.84. The number of fused-ring (bicyclic) bond motifs is 1. The number of hydrogen-bond acceptors (Lipinski definition) is 9. The van der Waals surface area contributed by atoms with E-state index in [4.69, 9.17) is 0 Å². The van der Waals surface area contributed by atoms with Gasteiger partial charge in [0.1, 0.15) is 11.6 Å². The minimum absolute atomic E-state index is 0.0637. The van der Waals surface area contributed by atoms with Gasteiger partial charge in [0.2, 0.25) is 15.9 Å². The number of carbonyl (C=O) groups is 1. The van der Waals surface area contributed by atoms with Crippen molar-refractivity contribution in [3.8, 4) is 10.8 Å². The summed E-state index contributed by atoms with van der Waals surface area (Å²) in [6.45, 7) is 0.969. The smallest absolute Gasteiger partial charge is 0.291 e.